The summed E-state index contributed by atoms with van der Waals surface area (Å²) < 4.78 is 14.0. The van der Waals surface area contributed by atoms with E-state index in [0.29, 0.717) is 24.2 Å². The molecular weight excluding hydrogens is 297 g/mol. The molecule has 0 radical (unpaired) electrons. The third-order valence-electron chi connectivity index (χ3n) is 3.29. The molecule has 130 valence electrons. The molecule has 2 N–H and O–H groups in total. The van der Waals surface area contributed by atoms with Crippen molar-refractivity contribution in [1.82, 2.24) is 15.1 Å². The summed E-state index contributed by atoms with van der Waals surface area (Å²) in [4.78, 5) is 15.5. The highest BCUT2D eigenvalue weighted by atomic mass is 19.1. The maximum Gasteiger partial charge on any atom is 0.317 e. The van der Waals surface area contributed by atoms with Gasteiger partial charge in [0, 0.05) is 25.2 Å². The van der Waals surface area contributed by atoms with Crippen LogP contribution in [0.3, 0.4) is 0 Å². The fraction of sp³-hybridized carbons (Fsp3) is 0.588. The van der Waals surface area contributed by atoms with E-state index in [1.165, 1.54) is 11.0 Å². The van der Waals surface area contributed by atoms with Gasteiger partial charge in [0.2, 0.25) is 0 Å². The first-order valence-electron chi connectivity index (χ1n) is 7.79. The number of likely N-dealkylation sites (N-methyl/N-ethyl adjacent to an activating group) is 1. The van der Waals surface area contributed by atoms with Crippen LogP contribution in [-0.4, -0.2) is 53.7 Å². The van der Waals surface area contributed by atoms with Crippen LogP contribution in [0.5, 0.6) is 0 Å². The van der Waals surface area contributed by atoms with Gasteiger partial charge in [-0.2, -0.15) is 0 Å². The Balaban J connectivity index is 2.63. The number of benzene rings is 1. The Morgan fingerprint density at radius 2 is 2.00 bits per heavy atom. The van der Waals surface area contributed by atoms with Crippen molar-refractivity contribution in [3.05, 3.63) is 35.1 Å². The van der Waals surface area contributed by atoms with Crippen molar-refractivity contribution < 1.29 is 14.3 Å². The van der Waals surface area contributed by atoms with Crippen molar-refractivity contribution in [2.45, 2.75) is 39.5 Å². The molecule has 2 amide bonds. The van der Waals surface area contributed by atoms with Crippen molar-refractivity contribution in [1.29, 1.82) is 0 Å². The van der Waals surface area contributed by atoms with Crippen molar-refractivity contribution in [3.63, 3.8) is 0 Å². The molecule has 0 aliphatic carbocycles. The highest BCUT2D eigenvalue weighted by Crippen LogP contribution is 2.12. The van der Waals surface area contributed by atoms with E-state index < -0.39 is 5.60 Å². The third-order valence-corrected chi connectivity index (χ3v) is 3.29. The second-order valence-electron chi connectivity index (χ2n) is 6.65. The molecule has 23 heavy (non-hydrogen) atoms. The van der Waals surface area contributed by atoms with Crippen LogP contribution in [0.1, 0.15) is 31.9 Å². The first-order valence-corrected chi connectivity index (χ1v) is 7.79. The minimum atomic E-state index is -0.951. The number of nitrogens with one attached hydrogen (secondary N) is 1. The molecule has 0 aliphatic heterocycles. The molecule has 0 saturated carbocycles. The van der Waals surface area contributed by atoms with E-state index in [2.05, 4.69) is 5.32 Å². The van der Waals surface area contributed by atoms with Gasteiger partial charge in [-0.15, -0.1) is 0 Å². The second-order valence-corrected chi connectivity index (χ2v) is 6.65. The number of aliphatic hydroxyl groups is 1. The van der Waals surface area contributed by atoms with Gasteiger partial charge < -0.3 is 20.2 Å². The number of amides is 2. The molecule has 0 aliphatic rings. The van der Waals surface area contributed by atoms with E-state index >= 15 is 0 Å². The topological polar surface area (TPSA) is 55.8 Å². The van der Waals surface area contributed by atoms with E-state index in [4.69, 9.17) is 0 Å². The summed E-state index contributed by atoms with van der Waals surface area (Å²) in [7, 11) is 3.77. The zero-order valence-electron chi connectivity index (χ0n) is 14.7. The van der Waals surface area contributed by atoms with Gasteiger partial charge in [-0.3, -0.25) is 0 Å². The molecule has 0 fully saturated rings. The predicted molar refractivity (Wildman–Crippen MR) is 89.6 cm³/mol. The van der Waals surface area contributed by atoms with Gasteiger partial charge in [-0.1, -0.05) is 12.1 Å². The van der Waals surface area contributed by atoms with Gasteiger partial charge >= 0.3 is 6.03 Å². The van der Waals surface area contributed by atoms with E-state index in [-0.39, 0.29) is 24.9 Å². The first-order chi connectivity index (χ1) is 10.6. The number of urea groups is 1. The lowest BCUT2D eigenvalue weighted by atomic mass is 10.1. The molecule has 0 unspecified atom stereocenters. The van der Waals surface area contributed by atoms with Crippen LogP contribution in [0, 0.1) is 5.82 Å². The van der Waals surface area contributed by atoms with Crippen LogP contribution < -0.4 is 5.32 Å². The number of hydrogen-bond acceptors (Lipinski definition) is 3. The van der Waals surface area contributed by atoms with Gasteiger partial charge in [-0.25, -0.2) is 9.18 Å². The van der Waals surface area contributed by atoms with Gasteiger partial charge in [-0.05, 0) is 46.5 Å². The van der Waals surface area contributed by atoms with E-state index in [1.54, 1.807) is 19.9 Å². The Kier molecular flexibility index (Phi) is 6.97. The summed E-state index contributed by atoms with van der Waals surface area (Å²) in [6.07, 6.45) is 0. The summed E-state index contributed by atoms with van der Waals surface area (Å²) in [5.41, 5.74) is 0.382. The summed E-state index contributed by atoms with van der Waals surface area (Å²) in [6, 6.07) is 4.73. The average molecular weight is 325 g/mol. The van der Waals surface area contributed by atoms with Crippen LogP contribution >= 0.6 is 0 Å². The van der Waals surface area contributed by atoms with Crippen LogP contribution in [0.15, 0.2) is 18.2 Å². The van der Waals surface area contributed by atoms with Crippen LogP contribution in [0.4, 0.5) is 9.18 Å². The normalized spacial score (nSPS) is 11.7. The number of hydrogen-bond donors (Lipinski definition) is 2. The van der Waals surface area contributed by atoms with E-state index in [0.717, 1.165) is 0 Å². The van der Waals surface area contributed by atoms with E-state index in [1.807, 2.05) is 32.0 Å². The number of halogens is 1. The molecule has 5 nitrogen and oxygen atoms in total. The quantitative estimate of drug-likeness (QED) is 0.808. The molecule has 0 atom stereocenters. The minimum Gasteiger partial charge on any atom is -0.389 e. The van der Waals surface area contributed by atoms with Crippen molar-refractivity contribution in [2.75, 3.05) is 27.2 Å². The Morgan fingerprint density at radius 3 is 2.48 bits per heavy atom. The molecule has 0 heterocycles. The van der Waals surface area contributed by atoms with Crippen molar-refractivity contribution >= 4 is 6.03 Å². The van der Waals surface area contributed by atoms with Gasteiger partial charge in [0.15, 0.2) is 0 Å². The second kappa shape index (κ2) is 8.26. The molecule has 0 spiro atoms. The minimum absolute atomic E-state index is 0.242. The zero-order chi connectivity index (χ0) is 17.6. The van der Waals surface area contributed by atoms with Crippen LogP contribution in [0.25, 0.3) is 0 Å². The predicted octanol–water partition coefficient (Wildman–Crippen LogP) is 2.19. The fourth-order valence-corrected chi connectivity index (χ4v) is 2.25. The van der Waals surface area contributed by atoms with Crippen LogP contribution in [0.2, 0.25) is 0 Å². The van der Waals surface area contributed by atoms with Gasteiger partial charge in [0.05, 0.1) is 12.1 Å². The summed E-state index contributed by atoms with van der Waals surface area (Å²) in [5.74, 6) is -0.269. The average Bonchev–Trinajstić information content (AvgIpc) is 2.43. The monoisotopic (exact) mass is 325 g/mol. The summed E-state index contributed by atoms with van der Waals surface area (Å²) in [6.45, 7) is 6.68. The maximum atomic E-state index is 14.0. The number of nitrogens with zero attached hydrogens (tertiary/aromatic N) is 2. The highest BCUT2D eigenvalue weighted by molar-refractivity contribution is 5.74. The Morgan fingerprint density at radius 1 is 1.35 bits per heavy atom. The van der Waals surface area contributed by atoms with E-state index in [9.17, 15) is 14.3 Å². The Labute approximate surface area is 138 Å². The number of carbonyl (C=O) groups is 1. The molecule has 1 rings (SSSR count). The lowest BCUT2D eigenvalue weighted by Crippen LogP contribution is -2.46. The molecule has 0 aromatic heterocycles. The lowest BCUT2D eigenvalue weighted by Gasteiger charge is -2.28. The number of carbonyl (C=O) groups excluding carboxylic acids is 1. The molecule has 0 bridgehead atoms. The Bertz CT molecular complexity index is 527. The van der Waals surface area contributed by atoms with Crippen LogP contribution in [-0.2, 0) is 13.1 Å². The fourth-order valence-electron chi connectivity index (χ4n) is 2.25. The van der Waals surface area contributed by atoms with Crippen molar-refractivity contribution in [3.8, 4) is 0 Å². The first kappa shape index (κ1) is 19.4. The molecule has 1 aromatic carbocycles. The van der Waals surface area contributed by atoms with Crippen molar-refractivity contribution in [2.24, 2.45) is 0 Å². The summed E-state index contributed by atoms with van der Waals surface area (Å²) >= 11 is 0. The van der Waals surface area contributed by atoms with Gasteiger partial charge in [0.1, 0.15) is 5.82 Å². The molecule has 1 aromatic rings. The van der Waals surface area contributed by atoms with Gasteiger partial charge in [0.25, 0.3) is 0 Å². The highest BCUT2D eigenvalue weighted by Gasteiger charge is 2.21. The molecule has 0 saturated heterocycles. The molecule has 6 heteroatoms. The SMILES string of the molecule is CCN(CC(C)(C)O)C(=O)NCc1ccc(CN(C)C)c(F)c1. The maximum absolute atomic E-state index is 14.0. The third kappa shape index (κ3) is 6.97. The largest absolute Gasteiger partial charge is 0.389 e. The Hall–Kier alpha value is -1.66. The standard InChI is InChI=1S/C17H28FN3O2/c1-6-21(12-17(2,3)23)16(22)19-10-13-7-8-14(11-20(4)5)15(18)9-13/h7-9,23H,6,10-12H2,1-5H3,(H,19,22). The lowest BCUT2D eigenvalue weighted by molar-refractivity contribution is 0.0480. The zero-order valence-corrected chi connectivity index (χ0v) is 14.7. The summed E-state index contributed by atoms with van der Waals surface area (Å²) in [5, 5.41) is 12.6. The smallest absolute Gasteiger partial charge is 0.317 e. The molecular formula is C17H28FN3O2. The number of rotatable bonds is 7.